The van der Waals surface area contributed by atoms with Crippen LogP contribution in [-0.2, 0) is 4.43 Å². The van der Waals surface area contributed by atoms with E-state index in [1.807, 2.05) is 6.08 Å². The molecule has 0 saturated carbocycles. The predicted molar refractivity (Wildman–Crippen MR) is 52.2 cm³/mol. The molecule has 0 aliphatic rings. The van der Waals surface area contributed by atoms with E-state index in [1.165, 1.54) is 0 Å². The predicted octanol–water partition coefficient (Wildman–Crippen LogP) is 2.96. The Balaban J connectivity index is 3.98. The van der Waals surface area contributed by atoms with Gasteiger partial charge in [-0.3, -0.25) is 0 Å². The fraction of sp³-hybridized carbons (Fsp3) is 0.667. The molecule has 0 aromatic carbocycles. The van der Waals surface area contributed by atoms with E-state index in [4.69, 9.17) is 4.43 Å². The van der Waals surface area contributed by atoms with Gasteiger partial charge in [0.2, 0.25) is 0 Å². The summed E-state index contributed by atoms with van der Waals surface area (Å²) in [7, 11) is -1.38. The van der Waals surface area contributed by atoms with Gasteiger partial charge in [0.1, 0.15) is 0 Å². The second-order valence-corrected chi connectivity index (χ2v) is 8.01. The number of rotatable bonds is 4. The topological polar surface area (TPSA) is 9.23 Å². The Hall–Kier alpha value is -0.303. The van der Waals surface area contributed by atoms with Gasteiger partial charge in [-0.15, -0.1) is 5.73 Å². The normalized spacial score (nSPS) is 13.8. The lowest BCUT2D eigenvalue weighted by molar-refractivity contribution is 0.238. The van der Waals surface area contributed by atoms with Crippen LogP contribution in [0, 0.1) is 0 Å². The summed E-state index contributed by atoms with van der Waals surface area (Å²) in [4.78, 5) is 0. The minimum atomic E-state index is -1.38. The molecule has 0 amide bonds. The SMILES string of the molecule is C=C=C[C@H](CC)O[Si](C)(C)C. The van der Waals surface area contributed by atoms with Crippen LogP contribution in [0.25, 0.3) is 0 Å². The molecule has 2 heteroatoms. The van der Waals surface area contributed by atoms with Crippen molar-refractivity contribution in [3.8, 4) is 0 Å². The maximum absolute atomic E-state index is 5.81. The van der Waals surface area contributed by atoms with E-state index in [2.05, 4.69) is 38.9 Å². The Bertz CT molecular complexity index is 151. The van der Waals surface area contributed by atoms with Gasteiger partial charge in [0.15, 0.2) is 8.32 Å². The van der Waals surface area contributed by atoms with Gasteiger partial charge in [-0.05, 0) is 32.1 Å². The third-order valence-corrected chi connectivity index (χ3v) is 2.22. The molecule has 1 atom stereocenters. The van der Waals surface area contributed by atoms with Crippen molar-refractivity contribution >= 4 is 8.32 Å². The fourth-order valence-corrected chi connectivity index (χ4v) is 1.96. The maximum Gasteiger partial charge on any atom is 0.184 e. The highest BCUT2D eigenvalue weighted by Crippen LogP contribution is 2.10. The summed E-state index contributed by atoms with van der Waals surface area (Å²) >= 11 is 0. The van der Waals surface area contributed by atoms with Crippen LogP contribution in [0.15, 0.2) is 18.4 Å². The number of hydrogen-bond donors (Lipinski definition) is 0. The monoisotopic (exact) mass is 170 g/mol. The Morgan fingerprint density at radius 2 is 2.09 bits per heavy atom. The van der Waals surface area contributed by atoms with E-state index in [0.717, 1.165) is 6.42 Å². The smallest absolute Gasteiger partial charge is 0.184 e. The van der Waals surface area contributed by atoms with E-state index < -0.39 is 8.32 Å². The molecule has 0 spiro atoms. The molecule has 0 unspecified atom stereocenters. The van der Waals surface area contributed by atoms with Crippen molar-refractivity contribution < 1.29 is 4.43 Å². The molecule has 0 aromatic heterocycles. The molecule has 0 heterocycles. The van der Waals surface area contributed by atoms with E-state index >= 15 is 0 Å². The molecule has 0 saturated heterocycles. The summed E-state index contributed by atoms with van der Waals surface area (Å²) in [5.41, 5.74) is 2.76. The molecule has 0 aliphatic heterocycles. The van der Waals surface area contributed by atoms with E-state index in [0.29, 0.717) is 0 Å². The van der Waals surface area contributed by atoms with Crippen molar-refractivity contribution in [2.75, 3.05) is 0 Å². The second kappa shape index (κ2) is 4.55. The van der Waals surface area contributed by atoms with Gasteiger partial charge >= 0.3 is 0 Å². The van der Waals surface area contributed by atoms with Crippen LogP contribution in [0.2, 0.25) is 19.6 Å². The first-order valence-corrected chi connectivity index (χ1v) is 7.44. The summed E-state index contributed by atoms with van der Waals surface area (Å²) < 4.78 is 5.81. The molecule has 0 radical (unpaired) electrons. The third kappa shape index (κ3) is 6.11. The third-order valence-electron chi connectivity index (χ3n) is 1.21. The van der Waals surface area contributed by atoms with Crippen molar-refractivity contribution in [1.82, 2.24) is 0 Å². The van der Waals surface area contributed by atoms with Gasteiger partial charge in [0, 0.05) is 0 Å². The van der Waals surface area contributed by atoms with Crippen LogP contribution in [-0.4, -0.2) is 14.4 Å². The molecule has 0 N–H and O–H groups in total. The van der Waals surface area contributed by atoms with Crippen LogP contribution in [0.3, 0.4) is 0 Å². The van der Waals surface area contributed by atoms with Crippen molar-refractivity contribution in [2.24, 2.45) is 0 Å². The Kier molecular flexibility index (Phi) is 4.42. The van der Waals surface area contributed by atoms with Crippen LogP contribution in [0.1, 0.15) is 13.3 Å². The van der Waals surface area contributed by atoms with Crippen LogP contribution >= 0.6 is 0 Å². The molecule has 0 rings (SSSR count). The summed E-state index contributed by atoms with van der Waals surface area (Å²) in [6, 6.07) is 0. The van der Waals surface area contributed by atoms with Crippen LogP contribution < -0.4 is 0 Å². The molecule has 0 bridgehead atoms. The zero-order valence-electron chi connectivity index (χ0n) is 7.98. The van der Waals surface area contributed by atoms with Gasteiger partial charge in [-0.25, -0.2) is 0 Å². The highest BCUT2D eigenvalue weighted by molar-refractivity contribution is 6.69. The average molecular weight is 170 g/mol. The fourth-order valence-electron chi connectivity index (χ4n) is 0.821. The molecule has 0 fully saturated rings. The molecular formula is C9H18OSi. The zero-order valence-corrected chi connectivity index (χ0v) is 8.98. The van der Waals surface area contributed by atoms with Gasteiger partial charge in [-0.2, -0.15) is 0 Å². The average Bonchev–Trinajstić information content (AvgIpc) is 1.84. The van der Waals surface area contributed by atoms with Gasteiger partial charge in [0.05, 0.1) is 6.10 Å². The van der Waals surface area contributed by atoms with E-state index in [-0.39, 0.29) is 6.10 Å². The molecule has 11 heavy (non-hydrogen) atoms. The number of hydrogen-bond acceptors (Lipinski definition) is 1. The quantitative estimate of drug-likeness (QED) is 0.465. The Morgan fingerprint density at radius 1 is 1.55 bits per heavy atom. The summed E-state index contributed by atoms with van der Waals surface area (Å²) in [6.07, 6.45) is 3.13. The molecule has 64 valence electrons. The highest BCUT2D eigenvalue weighted by atomic mass is 28.4. The lowest BCUT2D eigenvalue weighted by atomic mass is 10.3. The first kappa shape index (κ1) is 10.7. The van der Waals surface area contributed by atoms with E-state index in [9.17, 15) is 0 Å². The van der Waals surface area contributed by atoms with Gasteiger partial charge < -0.3 is 4.43 Å². The Labute approximate surface area is 70.9 Å². The van der Waals surface area contributed by atoms with E-state index in [1.54, 1.807) is 0 Å². The largest absolute Gasteiger partial charge is 0.411 e. The second-order valence-electron chi connectivity index (χ2n) is 3.55. The first-order valence-electron chi connectivity index (χ1n) is 4.03. The highest BCUT2D eigenvalue weighted by Gasteiger charge is 2.17. The minimum absolute atomic E-state index is 0.221. The molecule has 0 aliphatic carbocycles. The minimum Gasteiger partial charge on any atom is -0.411 e. The molecule has 0 aromatic rings. The lowest BCUT2D eigenvalue weighted by Crippen LogP contribution is -2.30. The lowest BCUT2D eigenvalue weighted by Gasteiger charge is -2.22. The maximum atomic E-state index is 5.81. The van der Waals surface area contributed by atoms with Crippen molar-refractivity contribution in [3.63, 3.8) is 0 Å². The standard InChI is InChI=1S/C9H18OSi/c1-6-8-9(7-2)10-11(3,4)5/h8-9H,1,7H2,2-5H3/t9-/m0/s1. The van der Waals surface area contributed by atoms with Gasteiger partial charge in [-0.1, -0.05) is 13.5 Å². The summed E-state index contributed by atoms with van der Waals surface area (Å²) in [5, 5.41) is 0. The summed E-state index contributed by atoms with van der Waals surface area (Å²) in [5.74, 6) is 0. The van der Waals surface area contributed by atoms with Gasteiger partial charge in [0.25, 0.3) is 0 Å². The van der Waals surface area contributed by atoms with Crippen molar-refractivity contribution in [2.45, 2.75) is 39.1 Å². The van der Waals surface area contributed by atoms with Crippen molar-refractivity contribution in [1.29, 1.82) is 0 Å². The molecule has 1 nitrogen and oxygen atoms in total. The zero-order chi connectivity index (χ0) is 8.91. The first-order chi connectivity index (χ1) is 4.99. The summed E-state index contributed by atoms with van der Waals surface area (Å²) in [6.45, 7) is 12.2. The van der Waals surface area contributed by atoms with Crippen LogP contribution in [0.4, 0.5) is 0 Å². The van der Waals surface area contributed by atoms with Crippen LogP contribution in [0.5, 0.6) is 0 Å². The molecular weight excluding hydrogens is 152 g/mol. The Morgan fingerprint density at radius 3 is 2.36 bits per heavy atom. The van der Waals surface area contributed by atoms with Crippen molar-refractivity contribution in [3.05, 3.63) is 18.4 Å².